The van der Waals surface area contributed by atoms with E-state index in [1.807, 2.05) is 0 Å². The van der Waals surface area contributed by atoms with Crippen LogP contribution in [0.4, 0.5) is 4.39 Å². The molecule has 4 rings (SSSR count). The molecule has 3 heterocycles. The second-order valence-corrected chi connectivity index (χ2v) is 7.04. The van der Waals surface area contributed by atoms with Gasteiger partial charge in [0.2, 0.25) is 11.8 Å². The maximum atomic E-state index is 14.8. The summed E-state index contributed by atoms with van der Waals surface area (Å²) in [5.74, 6) is -1.21. The number of nitrogens with one attached hydrogen (secondary N) is 2. The topological polar surface area (TPSA) is 85.1 Å². The highest BCUT2D eigenvalue weighted by Crippen LogP contribution is 2.33. The number of hydrogen-bond donors (Lipinski definition) is 2. The lowest BCUT2D eigenvalue weighted by molar-refractivity contribution is -0.135. The maximum absolute atomic E-state index is 14.8. The van der Waals surface area contributed by atoms with Crippen molar-refractivity contribution < 1.29 is 14.0 Å². The number of carbonyl (C=O) groups is 2. The minimum Gasteiger partial charge on any atom is -0.317 e. The Morgan fingerprint density at radius 3 is 2.50 bits per heavy atom. The molecule has 138 valence electrons. The highest BCUT2D eigenvalue weighted by atomic mass is 19.1. The fraction of sp³-hybridized carbons (Fsp3) is 0.500. The van der Waals surface area contributed by atoms with Crippen molar-refractivity contribution in [2.75, 3.05) is 13.1 Å². The van der Waals surface area contributed by atoms with Crippen LogP contribution in [0.5, 0.6) is 0 Å². The summed E-state index contributed by atoms with van der Waals surface area (Å²) in [5, 5.41) is 5.55. The monoisotopic (exact) mass is 360 g/mol. The van der Waals surface area contributed by atoms with Crippen LogP contribution in [-0.2, 0) is 16.6 Å². The molecule has 26 heavy (non-hydrogen) atoms. The van der Waals surface area contributed by atoms with Gasteiger partial charge in [-0.25, -0.2) is 9.18 Å². The van der Waals surface area contributed by atoms with Gasteiger partial charge in [0.25, 0.3) is 0 Å². The van der Waals surface area contributed by atoms with Crippen molar-refractivity contribution >= 4 is 22.8 Å². The van der Waals surface area contributed by atoms with Crippen molar-refractivity contribution in [2.24, 2.45) is 7.05 Å². The van der Waals surface area contributed by atoms with Crippen LogP contribution >= 0.6 is 0 Å². The van der Waals surface area contributed by atoms with E-state index in [1.165, 1.54) is 15.2 Å². The largest absolute Gasteiger partial charge is 0.329 e. The summed E-state index contributed by atoms with van der Waals surface area (Å²) in [4.78, 5) is 36.6. The fourth-order valence-corrected chi connectivity index (χ4v) is 4.19. The number of piperidine rings is 2. The molecule has 1 atom stereocenters. The number of imide groups is 1. The first-order chi connectivity index (χ1) is 12.5. The van der Waals surface area contributed by atoms with E-state index in [-0.39, 0.29) is 30.2 Å². The Labute approximate surface area is 149 Å². The van der Waals surface area contributed by atoms with E-state index in [1.54, 1.807) is 13.1 Å². The summed E-state index contributed by atoms with van der Waals surface area (Å²) in [6, 6.07) is 2.25. The first-order valence-electron chi connectivity index (χ1n) is 8.92. The second kappa shape index (κ2) is 6.35. The first-order valence-corrected chi connectivity index (χ1v) is 8.92. The zero-order valence-electron chi connectivity index (χ0n) is 14.5. The molecule has 0 bridgehead atoms. The molecule has 2 aromatic rings. The summed E-state index contributed by atoms with van der Waals surface area (Å²) in [6.45, 7) is 1.76. The molecule has 0 aliphatic carbocycles. The average molecular weight is 360 g/mol. The lowest BCUT2D eigenvalue weighted by atomic mass is 9.89. The van der Waals surface area contributed by atoms with Gasteiger partial charge >= 0.3 is 5.69 Å². The van der Waals surface area contributed by atoms with Gasteiger partial charge in [-0.05, 0) is 49.9 Å². The SMILES string of the molecule is Cn1c(=O)n(C2CCC(=O)NC2=O)c2c(F)ccc(C3CCNCC3)c21. The molecule has 2 aliphatic rings. The predicted molar refractivity (Wildman–Crippen MR) is 93.4 cm³/mol. The molecule has 2 fully saturated rings. The molecule has 0 spiro atoms. The van der Waals surface area contributed by atoms with E-state index >= 15 is 0 Å². The number of fused-ring (bicyclic) bond motifs is 1. The average Bonchev–Trinajstić information content (AvgIpc) is 2.89. The van der Waals surface area contributed by atoms with Gasteiger partial charge in [0.15, 0.2) is 0 Å². The standard InChI is InChI=1S/C18H21FN4O3/c1-22-15-11(10-6-8-20-9-7-10)2-3-12(19)16(15)23(18(22)26)13-4-5-14(24)21-17(13)25/h2-3,10,13,20H,4-9H2,1H3,(H,21,24,25). The van der Waals surface area contributed by atoms with Crippen LogP contribution in [-0.4, -0.2) is 34.0 Å². The van der Waals surface area contributed by atoms with Crippen molar-refractivity contribution in [3.05, 3.63) is 34.0 Å². The van der Waals surface area contributed by atoms with Gasteiger partial charge in [-0.3, -0.25) is 24.0 Å². The number of nitrogens with zero attached hydrogens (tertiary/aromatic N) is 2. The summed E-state index contributed by atoms with van der Waals surface area (Å²) >= 11 is 0. The summed E-state index contributed by atoms with van der Waals surface area (Å²) in [5.41, 5.74) is 1.21. The molecule has 2 N–H and O–H groups in total. The molecule has 0 radical (unpaired) electrons. The van der Waals surface area contributed by atoms with Crippen LogP contribution < -0.4 is 16.3 Å². The molecule has 2 aliphatic heterocycles. The van der Waals surface area contributed by atoms with Gasteiger partial charge in [0, 0.05) is 13.5 Å². The van der Waals surface area contributed by atoms with E-state index in [4.69, 9.17) is 0 Å². The van der Waals surface area contributed by atoms with Crippen LogP contribution in [0.1, 0.15) is 43.2 Å². The third-order valence-electron chi connectivity index (χ3n) is 5.50. The molecule has 1 aromatic heterocycles. The van der Waals surface area contributed by atoms with E-state index < -0.39 is 23.5 Å². The van der Waals surface area contributed by atoms with Crippen LogP contribution in [0, 0.1) is 5.82 Å². The summed E-state index contributed by atoms with van der Waals surface area (Å²) < 4.78 is 17.4. The Kier molecular flexibility index (Phi) is 4.14. The summed E-state index contributed by atoms with van der Waals surface area (Å²) in [7, 11) is 1.61. The second-order valence-electron chi connectivity index (χ2n) is 7.04. The van der Waals surface area contributed by atoms with Crippen molar-refractivity contribution in [1.82, 2.24) is 19.8 Å². The molecule has 1 aromatic carbocycles. The third kappa shape index (κ3) is 2.56. The minimum absolute atomic E-state index is 0.134. The Balaban J connectivity index is 1.92. The normalized spacial score (nSPS) is 22.0. The first kappa shape index (κ1) is 17.0. The van der Waals surface area contributed by atoms with Crippen LogP contribution in [0.3, 0.4) is 0 Å². The minimum atomic E-state index is -0.873. The predicted octanol–water partition coefficient (Wildman–Crippen LogP) is 0.924. The number of aromatic nitrogens is 2. The number of benzene rings is 1. The van der Waals surface area contributed by atoms with Crippen LogP contribution in [0.25, 0.3) is 11.0 Å². The van der Waals surface area contributed by atoms with Gasteiger partial charge in [-0.1, -0.05) is 6.07 Å². The Bertz CT molecular complexity index is 955. The lowest BCUT2D eigenvalue weighted by Gasteiger charge is -2.24. The molecule has 2 saturated heterocycles. The highest BCUT2D eigenvalue weighted by molar-refractivity contribution is 6.00. The van der Waals surface area contributed by atoms with Gasteiger partial charge in [0.1, 0.15) is 17.4 Å². The Morgan fingerprint density at radius 2 is 1.81 bits per heavy atom. The molecule has 0 saturated carbocycles. The van der Waals surface area contributed by atoms with Crippen molar-refractivity contribution in [2.45, 2.75) is 37.6 Å². The molecular weight excluding hydrogens is 339 g/mol. The number of hydrogen-bond acceptors (Lipinski definition) is 4. The molecule has 1 unspecified atom stereocenters. The highest BCUT2D eigenvalue weighted by Gasteiger charge is 2.33. The summed E-state index contributed by atoms with van der Waals surface area (Å²) in [6.07, 6.45) is 2.16. The van der Waals surface area contributed by atoms with Crippen LogP contribution in [0.15, 0.2) is 16.9 Å². The lowest BCUT2D eigenvalue weighted by Crippen LogP contribution is -2.44. The quantitative estimate of drug-likeness (QED) is 0.780. The number of aryl methyl sites for hydroxylation is 1. The van der Waals surface area contributed by atoms with Gasteiger partial charge in [0.05, 0.1) is 5.52 Å². The number of imidazole rings is 1. The maximum Gasteiger partial charge on any atom is 0.329 e. The Morgan fingerprint density at radius 1 is 1.08 bits per heavy atom. The van der Waals surface area contributed by atoms with E-state index in [9.17, 15) is 18.8 Å². The zero-order valence-corrected chi connectivity index (χ0v) is 14.5. The number of carbonyl (C=O) groups excluding carboxylic acids is 2. The van der Waals surface area contributed by atoms with Gasteiger partial charge in [-0.2, -0.15) is 0 Å². The van der Waals surface area contributed by atoms with Crippen molar-refractivity contribution in [1.29, 1.82) is 0 Å². The van der Waals surface area contributed by atoms with E-state index in [2.05, 4.69) is 10.6 Å². The van der Waals surface area contributed by atoms with Crippen LogP contribution in [0.2, 0.25) is 0 Å². The van der Waals surface area contributed by atoms with E-state index in [0.29, 0.717) is 5.52 Å². The molecule has 7 nitrogen and oxygen atoms in total. The molecule has 8 heteroatoms. The van der Waals surface area contributed by atoms with Crippen molar-refractivity contribution in [3.63, 3.8) is 0 Å². The fourth-order valence-electron chi connectivity index (χ4n) is 4.19. The van der Waals surface area contributed by atoms with Gasteiger partial charge in [-0.15, -0.1) is 0 Å². The number of amides is 2. The number of rotatable bonds is 2. The van der Waals surface area contributed by atoms with Crippen molar-refractivity contribution in [3.8, 4) is 0 Å². The third-order valence-corrected chi connectivity index (χ3v) is 5.50. The Hall–Kier alpha value is -2.48. The van der Waals surface area contributed by atoms with Gasteiger partial charge < -0.3 is 5.32 Å². The van der Waals surface area contributed by atoms with E-state index in [0.717, 1.165) is 31.5 Å². The molecule has 2 amide bonds. The smallest absolute Gasteiger partial charge is 0.317 e. The number of halogens is 1. The molecular formula is C18H21FN4O3. The zero-order chi connectivity index (χ0) is 18.4.